The van der Waals surface area contributed by atoms with Crippen molar-refractivity contribution in [3.63, 3.8) is 0 Å². The molecule has 0 N–H and O–H groups in total. The van der Waals surface area contributed by atoms with Gasteiger partial charge in [0.15, 0.2) is 5.78 Å². The van der Waals surface area contributed by atoms with Crippen LogP contribution in [-0.4, -0.2) is 53.6 Å². The summed E-state index contributed by atoms with van der Waals surface area (Å²) in [5.74, 6) is -2.12. The topological polar surface area (TPSA) is 57.7 Å². The van der Waals surface area contributed by atoms with Crippen LogP contribution in [0.3, 0.4) is 0 Å². The molecule has 1 saturated heterocycles. The molecule has 2 rings (SSSR count). The van der Waals surface area contributed by atoms with Crippen molar-refractivity contribution in [1.82, 2.24) is 9.80 Å². The normalized spacial score (nSPS) is 15.5. The number of benzene rings is 1. The number of carbonyl (C=O) groups excluding carboxylic acids is 3. The van der Waals surface area contributed by atoms with E-state index in [0.29, 0.717) is 19.6 Å². The van der Waals surface area contributed by atoms with E-state index in [1.807, 2.05) is 6.92 Å². The molecule has 1 heterocycles. The lowest BCUT2D eigenvalue weighted by molar-refractivity contribution is -0.155. The second-order valence-corrected chi connectivity index (χ2v) is 4.95. The Morgan fingerprint density at radius 1 is 1.19 bits per heavy atom. The largest absolute Gasteiger partial charge is 0.333 e. The maximum absolute atomic E-state index is 13.1. The molecule has 112 valence electrons. The van der Waals surface area contributed by atoms with Crippen molar-refractivity contribution in [3.8, 4) is 0 Å². The molecule has 0 bridgehead atoms. The van der Waals surface area contributed by atoms with Crippen LogP contribution in [0, 0.1) is 5.82 Å². The summed E-state index contributed by atoms with van der Waals surface area (Å²) in [4.78, 5) is 38.6. The fourth-order valence-corrected chi connectivity index (χ4v) is 2.28. The molecule has 1 aromatic carbocycles. The van der Waals surface area contributed by atoms with Crippen LogP contribution in [0.2, 0.25) is 0 Å². The summed E-state index contributed by atoms with van der Waals surface area (Å²) >= 11 is 0. The lowest BCUT2D eigenvalue weighted by Gasteiger charge is -2.33. The Morgan fingerprint density at radius 3 is 2.52 bits per heavy atom. The highest BCUT2D eigenvalue weighted by Gasteiger charge is 2.32. The first kappa shape index (κ1) is 15.2. The van der Waals surface area contributed by atoms with Crippen molar-refractivity contribution in [1.29, 1.82) is 0 Å². The molecule has 0 saturated carbocycles. The number of piperazine rings is 1. The van der Waals surface area contributed by atoms with Crippen LogP contribution in [0.25, 0.3) is 0 Å². The van der Waals surface area contributed by atoms with Crippen LogP contribution < -0.4 is 0 Å². The zero-order chi connectivity index (χ0) is 15.4. The Bertz CT molecular complexity index is 574. The minimum atomic E-state index is -0.667. The Morgan fingerprint density at radius 2 is 1.86 bits per heavy atom. The van der Waals surface area contributed by atoms with E-state index >= 15 is 0 Å². The molecule has 1 fully saturated rings. The summed E-state index contributed by atoms with van der Waals surface area (Å²) in [6.45, 7) is 3.02. The average Bonchev–Trinajstić information content (AvgIpc) is 2.47. The van der Waals surface area contributed by atoms with Gasteiger partial charge in [0.25, 0.3) is 0 Å². The third-order valence-corrected chi connectivity index (χ3v) is 3.37. The Kier molecular flexibility index (Phi) is 4.67. The van der Waals surface area contributed by atoms with Crippen LogP contribution in [0.4, 0.5) is 4.39 Å². The van der Waals surface area contributed by atoms with Gasteiger partial charge in [-0.2, -0.15) is 0 Å². The van der Waals surface area contributed by atoms with Crippen LogP contribution >= 0.6 is 0 Å². The van der Waals surface area contributed by atoms with E-state index < -0.39 is 17.6 Å². The molecular formula is C15H17FN2O3. The standard InChI is InChI=1S/C15H17FN2O3/c1-2-6-17-7-8-18(15(21)14(17)20)10-13(19)11-4-3-5-12(16)9-11/h3-5,9H,2,6-8,10H2,1H3. The van der Waals surface area contributed by atoms with Gasteiger partial charge in [-0.25, -0.2) is 4.39 Å². The number of ketones is 1. The molecule has 0 aliphatic carbocycles. The number of nitrogens with zero attached hydrogens (tertiary/aromatic N) is 2. The summed E-state index contributed by atoms with van der Waals surface area (Å²) < 4.78 is 13.1. The number of rotatable bonds is 5. The highest BCUT2D eigenvalue weighted by atomic mass is 19.1. The number of hydrogen-bond acceptors (Lipinski definition) is 3. The highest BCUT2D eigenvalue weighted by Crippen LogP contribution is 2.09. The van der Waals surface area contributed by atoms with Gasteiger partial charge in [0.1, 0.15) is 5.82 Å². The van der Waals surface area contributed by atoms with E-state index in [-0.39, 0.29) is 17.9 Å². The van der Waals surface area contributed by atoms with Gasteiger partial charge in [-0.1, -0.05) is 19.1 Å². The van der Waals surface area contributed by atoms with Crippen molar-refractivity contribution < 1.29 is 18.8 Å². The molecule has 0 radical (unpaired) electrons. The van der Waals surface area contributed by atoms with Crippen molar-refractivity contribution in [2.24, 2.45) is 0 Å². The smallest absolute Gasteiger partial charge is 0.312 e. The third-order valence-electron chi connectivity index (χ3n) is 3.37. The molecule has 1 aromatic rings. The number of halogens is 1. The minimum Gasteiger partial charge on any atom is -0.333 e. The van der Waals surface area contributed by atoms with Crippen molar-refractivity contribution in [2.75, 3.05) is 26.2 Å². The summed E-state index contributed by atoms with van der Waals surface area (Å²) in [7, 11) is 0. The molecule has 5 nitrogen and oxygen atoms in total. The fourth-order valence-electron chi connectivity index (χ4n) is 2.28. The van der Waals surface area contributed by atoms with Crippen LogP contribution in [0.15, 0.2) is 24.3 Å². The van der Waals surface area contributed by atoms with Gasteiger partial charge in [0.2, 0.25) is 0 Å². The lowest BCUT2D eigenvalue weighted by atomic mass is 10.1. The number of Topliss-reactive ketones (excluding diaryl/α,β-unsaturated/α-hetero) is 1. The molecule has 0 aromatic heterocycles. The first-order valence-electron chi connectivity index (χ1n) is 6.90. The van der Waals surface area contributed by atoms with Crippen molar-refractivity contribution >= 4 is 17.6 Å². The predicted molar refractivity (Wildman–Crippen MR) is 74.2 cm³/mol. The van der Waals surface area contributed by atoms with E-state index in [4.69, 9.17) is 0 Å². The van der Waals surface area contributed by atoms with E-state index in [2.05, 4.69) is 0 Å². The Labute approximate surface area is 122 Å². The maximum Gasteiger partial charge on any atom is 0.312 e. The molecular weight excluding hydrogens is 275 g/mol. The van der Waals surface area contributed by atoms with Crippen molar-refractivity contribution in [2.45, 2.75) is 13.3 Å². The monoisotopic (exact) mass is 292 g/mol. The van der Waals surface area contributed by atoms with E-state index in [9.17, 15) is 18.8 Å². The summed E-state index contributed by atoms with van der Waals surface area (Å²) in [5, 5.41) is 0. The molecule has 1 aliphatic heterocycles. The Balaban J connectivity index is 2.02. The van der Waals surface area contributed by atoms with Gasteiger partial charge >= 0.3 is 11.8 Å². The molecule has 0 atom stereocenters. The number of amides is 2. The van der Waals surface area contributed by atoms with Crippen LogP contribution in [0.1, 0.15) is 23.7 Å². The second-order valence-electron chi connectivity index (χ2n) is 4.95. The molecule has 1 aliphatic rings. The average molecular weight is 292 g/mol. The highest BCUT2D eigenvalue weighted by molar-refractivity contribution is 6.35. The molecule has 0 unspecified atom stereocenters. The van der Waals surface area contributed by atoms with Gasteiger partial charge in [0, 0.05) is 25.2 Å². The molecule has 21 heavy (non-hydrogen) atoms. The van der Waals surface area contributed by atoms with Gasteiger partial charge < -0.3 is 9.80 Å². The van der Waals surface area contributed by atoms with Gasteiger partial charge in [-0.3, -0.25) is 14.4 Å². The summed E-state index contributed by atoms with van der Waals surface area (Å²) in [6.07, 6.45) is 0.779. The number of carbonyl (C=O) groups is 3. The third kappa shape index (κ3) is 3.45. The van der Waals surface area contributed by atoms with Crippen LogP contribution in [-0.2, 0) is 9.59 Å². The first-order chi connectivity index (χ1) is 10.0. The maximum atomic E-state index is 13.1. The molecule has 2 amide bonds. The fraction of sp³-hybridized carbons (Fsp3) is 0.400. The quantitative estimate of drug-likeness (QED) is 0.603. The van der Waals surface area contributed by atoms with E-state index in [1.165, 1.54) is 28.0 Å². The second kappa shape index (κ2) is 6.47. The predicted octanol–water partition coefficient (Wildman–Crippen LogP) is 1.09. The van der Waals surface area contributed by atoms with Crippen LogP contribution in [0.5, 0.6) is 0 Å². The molecule has 0 spiro atoms. The Hall–Kier alpha value is -2.24. The molecule has 6 heteroatoms. The van der Waals surface area contributed by atoms with Crippen molar-refractivity contribution in [3.05, 3.63) is 35.6 Å². The lowest BCUT2D eigenvalue weighted by Crippen LogP contribution is -2.55. The van der Waals surface area contributed by atoms with Gasteiger partial charge in [-0.15, -0.1) is 0 Å². The number of hydrogen-bond donors (Lipinski definition) is 0. The zero-order valence-electron chi connectivity index (χ0n) is 11.8. The van der Waals surface area contributed by atoms with E-state index in [1.54, 1.807) is 0 Å². The SMILES string of the molecule is CCCN1CCN(CC(=O)c2cccc(F)c2)C(=O)C1=O. The van der Waals surface area contributed by atoms with Gasteiger partial charge in [0.05, 0.1) is 6.54 Å². The summed E-state index contributed by atoms with van der Waals surface area (Å²) in [6, 6.07) is 5.30. The zero-order valence-corrected chi connectivity index (χ0v) is 11.8. The van der Waals surface area contributed by atoms with Gasteiger partial charge in [-0.05, 0) is 18.6 Å². The summed E-state index contributed by atoms with van der Waals surface area (Å²) in [5.41, 5.74) is 0.200. The minimum absolute atomic E-state index is 0.200. The first-order valence-corrected chi connectivity index (χ1v) is 6.90. The van der Waals surface area contributed by atoms with E-state index in [0.717, 1.165) is 12.5 Å².